The Morgan fingerprint density at radius 2 is 1.68 bits per heavy atom. The SMILES string of the molecule is CC1(C)CC(=O)C2=C(C1)Nc1ccccc1NC2c1ccccc1F.CCO. The Labute approximate surface area is 165 Å². The molecule has 0 saturated carbocycles. The summed E-state index contributed by atoms with van der Waals surface area (Å²) in [4.78, 5) is 13.0. The van der Waals surface area contributed by atoms with Crippen molar-refractivity contribution in [3.05, 3.63) is 71.2 Å². The van der Waals surface area contributed by atoms with Gasteiger partial charge in [-0.1, -0.05) is 44.2 Å². The molecule has 0 aromatic heterocycles. The molecule has 2 aromatic carbocycles. The molecular weight excluding hydrogens is 355 g/mol. The third-order valence-corrected chi connectivity index (χ3v) is 4.94. The van der Waals surface area contributed by atoms with E-state index in [4.69, 9.17) is 5.11 Å². The van der Waals surface area contributed by atoms with Crippen molar-refractivity contribution in [2.24, 2.45) is 5.41 Å². The normalized spacial score (nSPS) is 19.9. The highest BCUT2D eigenvalue weighted by molar-refractivity contribution is 6.01. The number of para-hydroxylation sites is 2. The minimum absolute atomic E-state index is 0.0762. The van der Waals surface area contributed by atoms with Gasteiger partial charge in [0.05, 0.1) is 17.4 Å². The molecule has 2 aliphatic rings. The number of rotatable bonds is 1. The number of anilines is 2. The smallest absolute Gasteiger partial charge is 0.163 e. The van der Waals surface area contributed by atoms with E-state index in [1.54, 1.807) is 19.1 Å². The number of Topliss-reactive ketones (excluding diaryl/α,β-unsaturated/α-hetero) is 1. The first-order chi connectivity index (χ1) is 13.4. The number of hydrogen-bond donors (Lipinski definition) is 3. The number of hydrogen-bond acceptors (Lipinski definition) is 4. The van der Waals surface area contributed by atoms with Crippen molar-refractivity contribution in [3.8, 4) is 0 Å². The van der Waals surface area contributed by atoms with Crippen LogP contribution in [0.1, 0.15) is 45.2 Å². The number of nitrogens with one attached hydrogen (secondary N) is 2. The lowest BCUT2D eigenvalue weighted by Crippen LogP contribution is -2.31. The Morgan fingerprint density at radius 3 is 2.36 bits per heavy atom. The molecule has 2 aromatic rings. The van der Waals surface area contributed by atoms with E-state index in [1.807, 2.05) is 30.3 Å². The first kappa shape index (κ1) is 20.1. The highest BCUT2D eigenvalue weighted by Crippen LogP contribution is 2.45. The van der Waals surface area contributed by atoms with Crippen molar-refractivity contribution in [1.82, 2.24) is 0 Å². The van der Waals surface area contributed by atoms with Gasteiger partial charge in [-0.05, 0) is 37.0 Å². The quantitative estimate of drug-likeness (QED) is 0.646. The van der Waals surface area contributed by atoms with Crippen LogP contribution >= 0.6 is 0 Å². The number of aliphatic hydroxyl groups is 1. The van der Waals surface area contributed by atoms with Crippen LogP contribution in [0, 0.1) is 11.2 Å². The highest BCUT2D eigenvalue weighted by Gasteiger charge is 2.39. The lowest BCUT2D eigenvalue weighted by Gasteiger charge is -2.34. The van der Waals surface area contributed by atoms with Gasteiger partial charge in [-0.3, -0.25) is 4.79 Å². The average Bonchev–Trinajstić information content (AvgIpc) is 2.78. The number of fused-ring (bicyclic) bond motifs is 1. The van der Waals surface area contributed by atoms with Gasteiger partial charge in [0.2, 0.25) is 0 Å². The number of halogens is 1. The van der Waals surface area contributed by atoms with Gasteiger partial charge in [-0.15, -0.1) is 0 Å². The van der Waals surface area contributed by atoms with Gasteiger partial charge >= 0.3 is 0 Å². The fraction of sp³-hybridized carbons (Fsp3) is 0.348. The number of benzene rings is 2. The zero-order chi connectivity index (χ0) is 20.3. The summed E-state index contributed by atoms with van der Waals surface area (Å²) in [5.74, 6) is -0.226. The maximum absolute atomic E-state index is 14.5. The Hall–Kier alpha value is -2.66. The number of aliphatic hydroxyl groups excluding tert-OH is 1. The summed E-state index contributed by atoms with van der Waals surface area (Å²) < 4.78 is 14.5. The van der Waals surface area contributed by atoms with E-state index in [0.717, 1.165) is 23.5 Å². The molecule has 0 spiro atoms. The predicted molar refractivity (Wildman–Crippen MR) is 111 cm³/mol. The summed E-state index contributed by atoms with van der Waals surface area (Å²) in [6.07, 6.45) is 1.23. The standard InChI is InChI=1S/C21H21FN2O.C2H6O/c1-21(2)11-17-19(18(25)12-21)20(13-7-3-4-8-14(13)22)24-16-10-6-5-9-15(16)23-17;1-2-3/h3-10,20,23-24H,11-12H2,1-2H3;3H,2H2,1H3. The molecule has 1 aliphatic carbocycles. The molecule has 3 N–H and O–H groups in total. The van der Waals surface area contributed by atoms with Crippen LogP contribution in [0.25, 0.3) is 0 Å². The van der Waals surface area contributed by atoms with Crippen LogP contribution in [0.15, 0.2) is 59.8 Å². The van der Waals surface area contributed by atoms with Crippen LogP contribution in [-0.4, -0.2) is 17.5 Å². The van der Waals surface area contributed by atoms with Gasteiger partial charge < -0.3 is 15.7 Å². The summed E-state index contributed by atoms with van der Waals surface area (Å²) in [6, 6.07) is 14.0. The van der Waals surface area contributed by atoms with Gasteiger partial charge in [0.1, 0.15) is 5.82 Å². The van der Waals surface area contributed by atoms with Gasteiger partial charge in [0, 0.05) is 29.9 Å². The summed E-state index contributed by atoms with van der Waals surface area (Å²) in [5.41, 5.74) is 3.73. The average molecular weight is 382 g/mol. The van der Waals surface area contributed by atoms with Crippen molar-refractivity contribution in [3.63, 3.8) is 0 Å². The second kappa shape index (κ2) is 8.15. The third kappa shape index (κ3) is 4.09. The van der Waals surface area contributed by atoms with E-state index in [9.17, 15) is 9.18 Å². The molecular formula is C23H27FN2O2. The summed E-state index contributed by atoms with van der Waals surface area (Å²) >= 11 is 0. The molecule has 1 unspecified atom stereocenters. The van der Waals surface area contributed by atoms with Crippen molar-refractivity contribution in [1.29, 1.82) is 0 Å². The molecule has 5 heteroatoms. The molecule has 0 bridgehead atoms. The monoisotopic (exact) mass is 382 g/mol. The number of carbonyl (C=O) groups is 1. The molecule has 0 amide bonds. The number of ketones is 1. The summed E-state index contributed by atoms with van der Waals surface area (Å²) in [7, 11) is 0. The van der Waals surface area contributed by atoms with Gasteiger partial charge in [-0.2, -0.15) is 0 Å². The molecule has 28 heavy (non-hydrogen) atoms. The van der Waals surface area contributed by atoms with Gasteiger partial charge in [0.15, 0.2) is 5.78 Å². The highest BCUT2D eigenvalue weighted by atomic mass is 19.1. The van der Waals surface area contributed by atoms with Crippen LogP contribution in [0.2, 0.25) is 0 Å². The van der Waals surface area contributed by atoms with E-state index >= 15 is 0 Å². The van der Waals surface area contributed by atoms with Crippen molar-refractivity contribution < 1.29 is 14.3 Å². The van der Waals surface area contributed by atoms with Crippen LogP contribution in [-0.2, 0) is 4.79 Å². The second-order valence-corrected chi connectivity index (χ2v) is 7.92. The molecule has 1 heterocycles. The molecule has 148 valence electrons. The van der Waals surface area contributed by atoms with E-state index in [-0.39, 0.29) is 23.6 Å². The van der Waals surface area contributed by atoms with Crippen molar-refractivity contribution in [2.45, 2.75) is 39.7 Å². The zero-order valence-corrected chi connectivity index (χ0v) is 16.6. The molecule has 0 fully saturated rings. The maximum atomic E-state index is 14.5. The van der Waals surface area contributed by atoms with Gasteiger partial charge in [0.25, 0.3) is 0 Å². The van der Waals surface area contributed by atoms with Gasteiger partial charge in [-0.25, -0.2) is 4.39 Å². The Bertz CT molecular complexity index is 905. The Morgan fingerprint density at radius 1 is 1.07 bits per heavy atom. The van der Waals surface area contributed by atoms with Crippen molar-refractivity contribution in [2.75, 3.05) is 17.2 Å². The molecule has 4 rings (SSSR count). The molecule has 1 aliphatic heterocycles. The fourth-order valence-electron chi connectivity index (χ4n) is 3.83. The molecule has 1 atom stereocenters. The first-order valence-electron chi connectivity index (χ1n) is 9.60. The molecule has 0 saturated heterocycles. The topological polar surface area (TPSA) is 61.4 Å². The Kier molecular flexibility index (Phi) is 5.84. The van der Waals surface area contributed by atoms with E-state index in [0.29, 0.717) is 17.6 Å². The summed E-state index contributed by atoms with van der Waals surface area (Å²) in [6.45, 7) is 6.12. The largest absolute Gasteiger partial charge is 0.397 e. The minimum Gasteiger partial charge on any atom is -0.397 e. The predicted octanol–water partition coefficient (Wildman–Crippen LogP) is 5.05. The van der Waals surface area contributed by atoms with Crippen LogP contribution < -0.4 is 10.6 Å². The number of carbonyl (C=O) groups excluding carboxylic acids is 1. The summed E-state index contributed by atoms with van der Waals surface area (Å²) in [5, 5.41) is 14.4. The van der Waals surface area contributed by atoms with E-state index in [1.165, 1.54) is 6.07 Å². The number of allylic oxidation sites excluding steroid dienone is 1. The Balaban J connectivity index is 0.000000706. The van der Waals surface area contributed by atoms with Crippen molar-refractivity contribution >= 4 is 17.2 Å². The third-order valence-electron chi connectivity index (χ3n) is 4.94. The van der Waals surface area contributed by atoms with Crippen LogP contribution in [0.4, 0.5) is 15.8 Å². The molecule has 0 radical (unpaired) electrons. The fourth-order valence-corrected chi connectivity index (χ4v) is 3.83. The lowest BCUT2D eigenvalue weighted by molar-refractivity contribution is -0.118. The lowest BCUT2D eigenvalue weighted by atomic mass is 9.73. The minimum atomic E-state index is -0.490. The van der Waals surface area contributed by atoms with Crippen LogP contribution in [0.3, 0.4) is 0 Å². The van der Waals surface area contributed by atoms with Crippen LogP contribution in [0.5, 0.6) is 0 Å². The van der Waals surface area contributed by atoms with E-state index < -0.39 is 6.04 Å². The zero-order valence-electron chi connectivity index (χ0n) is 16.6. The first-order valence-corrected chi connectivity index (χ1v) is 9.60. The molecule has 4 nitrogen and oxygen atoms in total. The maximum Gasteiger partial charge on any atom is 0.163 e. The van der Waals surface area contributed by atoms with E-state index in [2.05, 4.69) is 24.5 Å². The second-order valence-electron chi connectivity index (χ2n) is 7.92.